The third-order valence-corrected chi connectivity index (χ3v) is 4.01. The van der Waals surface area contributed by atoms with Crippen LogP contribution in [0.15, 0.2) is 72.8 Å². The van der Waals surface area contributed by atoms with Gasteiger partial charge in [0, 0.05) is 24.0 Å². The average molecular weight is 288 g/mol. The van der Waals surface area contributed by atoms with Crippen molar-refractivity contribution in [1.82, 2.24) is 0 Å². The van der Waals surface area contributed by atoms with Gasteiger partial charge in [-0.15, -0.1) is 0 Å². The third-order valence-electron chi connectivity index (χ3n) is 4.01. The van der Waals surface area contributed by atoms with Crippen molar-refractivity contribution in [1.29, 1.82) is 0 Å². The highest BCUT2D eigenvalue weighted by molar-refractivity contribution is 5.91. The minimum absolute atomic E-state index is 0.839. The predicted octanol–water partition coefficient (Wildman–Crippen LogP) is 5.01. The van der Waals surface area contributed by atoms with Crippen molar-refractivity contribution in [3.05, 3.63) is 78.4 Å². The van der Waals surface area contributed by atoms with Crippen molar-refractivity contribution in [2.24, 2.45) is 0 Å². The van der Waals surface area contributed by atoms with Crippen LogP contribution >= 0.6 is 0 Å². The number of benzene rings is 3. The fourth-order valence-corrected chi connectivity index (χ4v) is 2.69. The lowest BCUT2D eigenvalue weighted by molar-refractivity contribution is 1.21. The van der Waals surface area contributed by atoms with Gasteiger partial charge >= 0.3 is 0 Å². The molecule has 0 atom stereocenters. The molecule has 2 heteroatoms. The summed E-state index contributed by atoms with van der Waals surface area (Å²) in [4.78, 5) is 2.18. The molecular formula is C20H20N2. The van der Waals surface area contributed by atoms with Crippen molar-refractivity contribution in [3.8, 4) is 11.1 Å². The molecule has 0 aliphatic carbocycles. The van der Waals surface area contributed by atoms with E-state index in [1.165, 1.54) is 0 Å². The molecule has 0 radical (unpaired) electrons. The summed E-state index contributed by atoms with van der Waals surface area (Å²) in [7, 11) is 2.08. The molecule has 0 heterocycles. The van der Waals surface area contributed by atoms with E-state index >= 15 is 0 Å². The summed E-state index contributed by atoms with van der Waals surface area (Å²) in [6, 6.07) is 24.9. The quantitative estimate of drug-likeness (QED) is 0.686. The number of para-hydroxylation sites is 1. The zero-order chi connectivity index (χ0) is 15.5. The molecule has 3 aromatic rings. The predicted molar refractivity (Wildman–Crippen MR) is 95.5 cm³/mol. The molecule has 0 aliphatic heterocycles. The van der Waals surface area contributed by atoms with E-state index in [0.29, 0.717) is 0 Å². The summed E-state index contributed by atoms with van der Waals surface area (Å²) in [5, 5.41) is 0. The molecule has 0 aliphatic rings. The number of aryl methyl sites for hydroxylation is 1. The van der Waals surface area contributed by atoms with Gasteiger partial charge in [-0.2, -0.15) is 0 Å². The summed E-state index contributed by atoms with van der Waals surface area (Å²) >= 11 is 0. The Kier molecular flexibility index (Phi) is 3.84. The number of nitrogens with zero attached hydrogens (tertiary/aromatic N) is 1. The van der Waals surface area contributed by atoms with Crippen LogP contribution in [-0.4, -0.2) is 7.05 Å². The van der Waals surface area contributed by atoms with Crippen LogP contribution in [0, 0.1) is 6.92 Å². The Bertz CT molecular complexity index is 764. The van der Waals surface area contributed by atoms with E-state index in [4.69, 9.17) is 5.73 Å². The molecule has 110 valence electrons. The molecule has 2 N–H and O–H groups in total. The molecule has 0 amide bonds. The molecule has 22 heavy (non-hydrogen) atoms. The number of nitrogens with two attached hydrogens (primary N) is 1. The Balaban J connectivity index is 2.18. The SMILES string of the molecule is Cc1ccc(N(C)c2ccccc2)c(-c2ccccc2)c1N. The van der Waals surface area contributed by atoms with Gasteiger partial charge in [-0.1, -0.05) is 54.6 Å². The van der Waals surface area contributed by atoms with Gasteiger partial charge in [0.1, 0.15) is 0 Å². The van der Waals surface area contributed by atoms with E-state index < -0.39 is 0 Å². The molecular weight excluding hydrogens is 268 g/mol. The lowest BCUT2D eigenvalue weighted by Crippen LogP contribution is -2.12. The summed E-state index contributed by atoms with van der Waals surface area (Å²) in [5.41, 5.74) is 12.8. The minimum Gasteiger partial charge on any atom is -0.398 e. The van der Waals surface area contributed by atoms with Crippen molar-refractivity contribution in [2.75, 3.05) is 17.7 Å². The Morgan fingerprint density at radius 1 is 0.773 bits per heavy atom. The van der Waals surface area contributed by atoms with Crippen LogP contribution in [-0.2, 0) is 0 Å². The number of nitrogen functional groups attached to an aromatic ring is 1. The summed E-state index contributed by atoms with van der Waals surface area (Å²) in [6.45, 7) is 2.05. The Morgan fingerprint density at radius 3 is 2.00 bits per heavy atom. The zero-order valence-electron chi connectivity index (χ0n) is 13.0. The minimum atomic E-state index is 0.839. The molecule has 0 fully saturated rings. The largest absolute Gasteiger partial charge is 0.398 e. The number of anilines is 3. The molecule has 3 rings (SSSR count). The second-order valence-electron chi connectivity index (χ2n) is 5.45. The highest BCUT2D eigenvalue weighted by Gasteiger charge is 2.15. The molecule has 3 aromatic carbocycles. The first kappa shape index (κ1) is 14.2. The normalized spacial score (nSPS) is 10.5. The van der Waals surface area contributed by atoms with Crippen LogP contribution in [0.1, 0.15) is 5.56 Å². The monoisotopic (exact) mass is 288 g/mol. The Labute approximate surface area is 131 Å². The number of rotatable bonds is 3. The molecule has 0 spiro atoms. The van der Waals surface area contributed by atoms with Crippen LogP contribution < -0.4 is 10.6 Å². The van der Waals surface area contributed by atoms with Gasteiger partial charge in [-0.05, 0) is 36.2 Å². The second-order valence-corrected chi connectivity index (χ2v) is 5.45. The fourth-order valence-electron chi connectivity index (χ4n) is 2.69. The number of hydrogen-bond donors (Lipinski definition) is 1. The highest BCUT2D eigenvalue weighted by Crippen LogP contribution is 2.39. The van der Waals surface area contributed by atoms with Gasteiger partial charge < -0.3 is 10.6 Å². The molecule has 0 saturated heterocycles. The highest BCUT2D eigenvalue weighted by atomic mass is 15.1. The first-order chi connectivity index (χ1) is 10.7. The average Bonchev–Trinajstić information content (AvgIpc) is 2.58. The van der Waals surface area contributed by atoms with Gasteiger partial charge in [0.05, 0.1) is 5.69 Å². The van der Waals surface area contributed by atoms with Crippen LogP contribution in [0.25, 0.3) is 11.1 Å². The van der Waals surface area contributed by atoms with Gasteiger partial charge in [0.2, 0.25) is 0 Å². The Morgan fingerprint density at radius 2 is 1.36 bits per heavy atom. The van der Waals surface area contributed by atoms with Crippen LogP contribution in [0.2, 0.25) is 0 Å². The van der Waals surface area contributed by atoms with E-state index in [1.807, 2.05) is 43.3 Å². The van der Waals surface area contributed by atoms with Gasteiger partial charge in [-0.3, -0.25) is 0 Å². The van der Waals surface area contributed by atoms with Crippen LogP contribution in [0.5, 0.6) is 0 Å². The molecule has 0 unspecified atom stereocenters. The molecule has 0 saturated carbocycles. The maximum atomic E-state index is 6.40. The fraction of sp³-hybridized carbons (Fsp3) is 0.100. The van der Waals surface area contributed by atoms with Gasteiger partial charge in [0.25, 0.3) is 0 Å². The maximum absolute atomic E-state index is 6.40. The van der Waals surface area contributed by atoms with Crippen LogP contribution in [0.3, 0.4) is 0 Å². The lowest BCUT2D eigenvalue weighted by atomic mass is 9.98. The van der Waals surface area contributed by atoms with Crippen molar-refractivity contribution < 1.29 is 0 Å². The first-order valence-electron chi connectivity index (χ1n) is 7.42. The summed E-state index contributed by atoms with van der Waals surface area (Å²) in [6.07, 6.45) is 0. The van der Waals surface area contributed by atoms with E-state index in [-0.39, 0.29) is 0 Å². The van der Waals surface area contributed by atoms with Crippen molar-refractivity contribution in [3.63, 3.8) is 0 Å². The molecule has 2 nitrogen and oxygen atoms in total. The standard InChI is InChI=1S/C20H20N2/c1-15-13-14-18(22(2)17-11-7-4-8-12-17)19(20(15)21)16-9-5-3-6-10-16/h3-14H,21H2,1-2H3. The Hall–Kier alpha value is -2.74. The van der Waals surface area contributed by atoms with Crippen molar-refractivity contribution >= 4 is 17.1 Å². The van der Waals surface area contributed by atoms with Crippen LogP contribution in [0.4, 0.5) is 17.1 Å². The van der Waals surface area contributed by atoms with E-state index in [9.17, 15) is 0 Å². The third kappa shape index (κ3) is 2.56. The molecule has 0 aromatic heterocycles. The number of hydrogen-bond acceptors (Lipinski definition) is 2. The van der Waals surface area contributed by atoms with Gasteiger partial charge in [-0.25, -0.2) is 0 Å². The summed E-state index contributed by atoms with van der Waals surface area (Å²) < 4.78 is 0. The summed E-state index contributed by atoms with van der Waals surface area (Å²) in [5.74, 6) is 0. The molecule has 0 bridgehead atoms. The maximum Gasteiger partial charge on any atom is 0.0508 e. The van der Waals surface area contributed by atoms with E-state index in [1.54, 1.807) is 0 Å². The topological polar surface area (TPSA) is 29.3 Å². The smallest absolute Gasteiger partial charge is 0.0508 e. The lowest BCUT2D eigenvalue weighted by Gasteiger charge is -2.24. The van der Waals surface area contributed by atoms with Crippen molar-refractivity contribution in [2.45, 2.75) is 6.92 Å². The first-order valence-corrected chi connectivity index (χ1v) is 7.42. The second kappa shape index (κ2) is 5.94. The zero-order valence-corrected chi connectivity index (χ0v) is 13.0. The van der Waals surface area contributed by atoms with Gasteiger partial charge in [0.15, 0.2) is 0 Å². The van der Waals surface area contributed by atoms with E-state index in [0.717, 1.165) is 33.8 Å². The van der Waals surface area contributed by atoms with E-state index in [2.05, 4.69) is 48.3 Å².